The van der Waals surface area contributed by atoms with Gasteiger partial charge in [0.25, 0.3) is 11.8 Å². The van der Waals surface area contributed by atoms with Crippen molar-refractivity contribution in [3.8, 4) is 11.5 Å². The van der Waals surface area contributed by atoms with Crippen LogP contribution in [-0.4, -0.2) is 36.6 Å². The molecule has 3 aromatic carbocycles. The van der Waals surface area contributed by atoms with Crippen LogP contribution in [0.4, 0.5) is 5.69 Å². The van der Waals surface area contributed by atoms with Gasteiger partial charge in [-0.15, -0.1) is 0 Å². The summed E-state index contributed by atoms with van der Waals surface area (Å²) in [5, 5.41) is 2.92. The van der Waals surface area contributed by atoms with Crippen molar-refractivity contribution in [2.75, 3.05) is 25.2 Å². The van der Waals surface area contributed by atoms with Crippen LogP contribution in [-0.2, 0) is 6.54 Å². The monoisotopic (exact) mass is 459 g/mol. The first-order chi connectivity index (χ1) is 16.3. The summed E-state index contributed by atoms with van der Waals surface area (Å²) in [6.45, 7) is 5.59. The maximum atomic E-state index is 13.3. The molecule has 0 aromatic heterocycles. The van der Waals surface area contributed by atoms with Crippen molar-refractivity contribution in [3.05, 3.63) is 89.5 Å². The lowest BCUT2D eigenvalue weighted by atomic mass is 9.92. The standard InChI is InChI=1S/C27H29N3O4/c1-27(2,16-28)17-30(26(32)20-8-4-3-5-9-20)15-19-7-6-10-22(13-19)29-25(31)21-11-12-23-24(14-21)34-18-33-23/h3-14H,15-18,28H2,1-2H3,(H,29,31). The first kappa shape index (κ1) is 23.3. The highest BCUT2D eigenvalue weighted by Crippen LogP contribution is 2.32. The fourth-order valence-electron chi connectivity index (χ4n) is 3.75. The molecule has 0 unspecified atom stereocenters. The van der Waals surface area contributed by atoms with Gasteiger partial charge in [0, 0.05) is 29.9 Å². The second-order valence-corrected chi connectivity index (χ2v) is 9.12. The number of amides is 2. The largest absolute Gasteiger partial charge is 0.454 e. The van der Waals surface area contributed by atoms with Gasteiger partial charge in [0.2, 0.25) is 6.79 Å². The second-order valence-electron chi connectivity index (χ2n) is 9.12. The van der Waals surface area contributed by atoms with E-state index in [4.69, 9.17) is 15.2 Å². The van der Waals surface area contributed by atoms with Crippen molar-refractivity contribution in [1.29, 1.82) is 0 Å². The summed E-state index contributed by atoms with van der Waals surface area (Å²) >= 11 is 0. The third-order valence-corrected chi connectivity index (χ3v) is 5.67. The van der Waals surface area contributed by atoms with Crippen LogP contribution < -0.4 is 20.5 Å². The molecule has 0 saturated heterocycles. The molecule has 0 fully saturated rings. The highest BCUT2D eigenvalue weighted by Gasteiger charge is 2.25. The summed E-state index contributed by atoms with van der Waals surface area (Å²) in [6.07, 6.45) is 0. The Balaban J connectivity index is 1.51. The maximum Gasteiger partial charge on any atom is 0.255 e. The number of benzene rings is 3. The molecule has 0 atom stereocenters. The Labute approximate surface area is 199 Å². The Hall–Kier alpha value is -3.84. The van der Waals surface area contributed by atoms with Crippen LogP contribution in [0.1, 0.15) is 40.1 Å². The second kappa shape index (κ2) is 9.97. The maximum absolute atomic E-state index is 13.3. The van der Waals surface area contributed by atoms with Gasteiger partial charge >= 0.3 is 0 Å². The van der Waals surface area contributed by atoms with Gasteiger partial charge in [-0.1, -0.05) is 44.2 Å². The lowest BCUT2D eigenvalue weighted by Gasteiger charge is -2.32. The van der Waals surface area contributed by atoms with E-state index in [1.54, 1.807) is 23.1 Å². The lowest BCUT2D eigenvalue weighted by Crippen LogP contribution is -2.41. The van der Waals surface area contributed by atoms with Gasteiger partial charge in [-0.3, -0.25) is 9.59 Å². The molecule has 7 heteroatoms. The Morgan fingerprint density at radius 3 is 2.47 bits per heavy atom. The number of nitrogens with one attached hydrogen (secondary N) is 1. The molecule has 176 valence electrons. The quantitative estimate of drug-likeness (QED) is 0.524. The number of rotatable bonds is 8. The lowest BCUT2D eigenvalue weighted by molar-refractivity contribution is 0.0673. The summed E-state index contributed by atoms with van der Waals surface area (Å²) < 4.78 is 10.7. The number of hydrogen-bond donors (Lipinski definition) is 2. The molecular formula is C27H29N3O4. The SMILES string of the molecule is CC(C)(CN)CN(Cc1cccc(NC(=O)c2ccc3c(c2)OCO3)c1)C(=O)c1ccccc1. The van der Waals surface area contributed by atoms with Crippen molar-refractivity contribution in [1.82, 2.24) is 4.90 Å². The van der Waals surface area contributed by atoms with Gasteiger partial charge < -0.3 is 25.4 Å². The van der Waals surface area contributed by atoms with E-state index >= 15 is 0 Å². The average Bonchev–Trinajstić information content (AvgIpc) is 3.32. The molecule has 3 N–H and O–H groups in total. The molecule has 1 aliphatic rings. The van der Waals surface area contributed by atoms with Gasteiger partial charge in [-0.2, -0.15) is 0 Å². The minimum absolute atomic E-state index is 0.0584. The zero-order valence-electron chi connectivity index (χ0n) is 19.4. The summed E-state index contributed by atoms with van der Waals surface area (Å²) in [4.78, 5) is 27.9. The number of nitrogens with zero attached hydrogens (tertiary/aromatic N) is 1. The van der Waals surface area contributed by atoms with Crippen LogP contribution in [0.5, 0.6) is 11.5 Å². The Kier molecular flexibility index (Phi) is 6.84. The molecule has 0 radical (unpaired) electrons. The van der Waals surface area contributed by atoms with Gasteiger partial charge in [-0.25, -0.2) is 0 Å². The molecule has 4 rings (SSSR count). The molecule has 0 aliphatic carbocycles. The third-order valence-electron chi connectivity index (χ3n) is 5.67. The molecule has 3 aromatic rings. The van der Waals surface area contributed by atoms with Crippen molar-refractivity contribution in [2.45, 2.75) is 20.4 Å². The van der Waals surface area contributed by atoms with E-state index in [0.29, 0.717) is 47.9 Å². The Bertz CT molecular complexity index is 1180. The third kappa shape index (κ3) is 5.55. The highest BCUT2D eigenvalue weighted by molar-refractivity contribution is 6.04. The minimum Gasteiger partial charge on any atom is -0.454 e. The average molecular weight is 460 g/mol. The van der Waals surface area contributed by atoms with E-state index in [9.17, 15) is 9.59 Å². The van der Waals surface area contributed by atoms with Crippen molar-refractivity contribution in [3.63, 3.8) is 0 Å². The molecule has 34 heavy (non-hydrogen) atoms. The number of nitrogens with two attached hydrogens (primary N) is 1. The first-order valence-electron chi connectivity index (χ1n) is 11.2. The molecular weight excluding hydrogens is 430 g/mol. The van der Waals surface area contributed by atoms with Crippen molar-refractivity contribution in [2.24, 2.45) is 11.1 Å². The van der Waals surface area contributed by atoms with Crippen LogP contribution in [0.15, 0.2) is 72.8 Å². The van der Waals surface area contributed by atoms with E-state index in [-0.39, 0.29) is 24.0 Å². The van der Waals surface area contributed by atoms with E-state index < -0.39 is 0 Å². The Morgan fingerprint density at radius 1 is 0.941 bits per heavy atom. The smallest absolute Gasteiger partial charge is 0.255 e. The van der Waals surface area contributed by atoms with Crippen LogP contribution >= 0.6 is 0 Å². The van der Waals surface area contributed by atoms with E-state index in [2.05, 4.69) is 5.32 Å². The number of carbonyl (C=O) groups excluding carboxylic acids is 2. The fraction of sp³-hybridized carbons (Fsp3) is 0.259. The number of anilines is 1. The predicted molar refractivity (Wildman–Crippen MR) is 131 cm³/mol. The van der Waals surface area contributed by atoms with Crippen LogP contribution in [0.2, 0.25) is 0 Å². The van der Waals surface area contributed by atoms with Crippen molar-refractivity contribution >= 4 is 17.5 Å². The van der Waals surface area contributed by atoms with Crippen LogP contribution in [0.3, 0.4) is 0 Å². The molecule has 0 spiro atoms. The molecule has 2 amide bonds. The van der Waals surface area contributed by atoms with Gasteiger partial charge in [0.1, 0.15) is 0 Å². The van der Waals surface area contributed by atoms with E-state index in [0.717, 1.165) is 5.56 Å². The summed E-state index contributed by atoms with van der Waals surface area (Å²) in [5.74, 6) is 0.870. The normalized spacial score (nSPS) is 12.3. The highest BCUT2D eigenvalue weighted by atomic mass is 16.7. The van der Waals surface area contributed by atoms with Gasteiger partial charge in [0.05, 0.1) is 0 Å². The van der Waals surface area contributed by atoms with E-state index in [1.807, 2.05) is 68.4 Å². The van der Waals surface area contributed by atoms with Gasteiger partial charge in [0.15, 0.2) is 11.5 Å². The number of ether oxygens (including phenoxy) is 2. The summed E-state index contributed by atoms with van der Waals surface area (Å²) in [7, 11) is 0. The van der Waals surface area contributed by atoms with Crippen molar-refractivity contribution < 1.29 is 19.1 Å². The van der Waals surface area contributed by atoms with Crippen LogP contribution in [0.25, 0.3) is 0 Å². The molecule has 1 aliphatic heterocycles. The van der Waals surface area contributed by atoms with E-state index in [1.165, 1.54) is 0 Å². The molecule has 7 nitrogen and oxygen atoms in total. The summed E-state index contributed by atoms with van der Waals surface area (Å²) in [5.41, 5.74) is 8.36. The predicted octanol–water partition coefficient (Wildman–Crippen LogP) is 4.29. The molecule has 0 bridgehead atoms. The number of hydrogen-bond acceptors (Lipinski definition) is 5. The minimum atomic E-state index is -0.253. The fourth-order valence-corrected chi connectivity index (χ4v) is 3.75. The topological polar surface area (TPSA) is 93.9 Å². The summed E-state index contributed by atoms with van der Waals surface area (Å²) in [6, 6.07) is 21.8. The molecule has 0 saturated carbocycles. The zero-order valence-corrected chi connectivity index (χ0v) is 19.4. The first-order valence-corrected chi connectivity index (χ1v) is 11.2. The number of carbonyl (C=O) groups is 2. The number of fused-ring (bicyclic) bond motifs is 1. The Morgan fingerprint density at radius 2 is 1.71 bits per heavy atom. The van der Waals surface area contributed by atoms with Gasteiger partial charge in [-0.05, 0) is 60.0 Å². The molecule has 1 heterocycles. The zero-order chi connectivity index (χ0) is 24.1. The van der Waals surface area contributed by atoms with Crippen LogP contribution in [0, 0.1) is 5.41 Å².